The van der Waals surface area contributed by atoms with Crippen molar-refractivity contribution in [2.75, 3.05) is 0 Å². The van der Waals surface area contributed by atoms with E-state index in [-0.39, 0.29) is 11.9 Å². The summed E-state index contributed by atoms with van der Waals surface area (Å²) in [7, 11) is 0. The summed E-state index contributed by atoms with van der Waals surface area (Å²) in [4.78, 5) is 17.0. The number of benzene rings is 1. The van der Waals surface area contributed by atoms with Crippen LogP contribution in [0.5, 0.6) is 0 Å². The van der Waals surface area contributed by atoms with Gasteiger partial charge in [0, 0.05) is 31.6 Å². The van der Waals surface area contributed by atoms with Crippen LogP contribution in [0.2, 0.25) is 0 Å². The van der Waals surface area contributed by atoms with Gasteiger partial charge in [0.15, 0.2) is 0 Å². The lowest BCUT2D eigenvalue weighted by atomic mass is 9.97. The monoisotopic (exact) mass is 309 g/mol. The van der Waals surface area contributed by atoms with Gasteiger partial charge in [-0.1, -0.05) is 24.3 Å². The van der Waals surface area contributed by atoms with Gasteiger partial charge in [-0.05, 0) is 43.2 Å². The van der Waals surface area contributed by atoms with Gasteiger partial charge in [-0.2, -0.15) is 0 Å². The van der Waals surface area contributed by atoms with Crippen molar-refractivity contribution in [2.45, 2.75) is 57.5 Å². The van der Waals surface area contributed by atoms with E-state index in [9.17, 15) is 4.79 Å². The summed E-state index contributed by atoms with van der Waals surface area (Å²) in [5.41, 5.74) is 3.86. The van der Waals surface area contributed by atoms with E-state index in [1.807, 2.05) is 6.92 Å². The molecule has 4 heteroatoms. The van der Waals surface area contributed by atoms with E-state index in [0.29, 0.717) is 12.3 Å². The van der Waals surface area contributed by atoms with E-state index in [1.165, 1.54) is 11.1 Å². The minimum atomic E-state index is 0.192. The average molecular weight is 309 g/mol. The quantitative estimate of drug-likeness (QED) is 0.947. The maximum Gasteiger partial charge on any atom is 0.220 e. The van der Waals surface area contributed by atoms with Crippen LogP contribution in [0.25, 0.3) is 0 Å². The molecule has 1 aliphatic carbocycles. The maximum atomic E-state index is 12.5. The lowest BCUT2D eigenvalue weighted by Crippen LogP contribution is -2.41. The molecule has 2 heterocycles. The lowest BCUT2D eigenvalue weighted by molar-refractivity contribution is -0.122. The first-order valence-electron chi connectivity index (χ1n) is 8.59. The maximum absolute atomic E-state index is 12.5. The Morgan fingerprint density at radius 2 is 2.17 bits per heavy atom. The first kappa shape index (κ1) is 14.5. The van der Waals surface area contributed by atoms with E-state index in [4.69, 9.17) is 0 Å². The number of nitrogens with one attached hydrogen (secondary N) is 1. The number of carbonyl (C=O) groups is 1. The van der Waals surface area contributed by atoms with E-state index in [1.54, 1.807) is 0 Å². The van der Waals surface area contributed by atoms with Crippen molar-refractivity contribution in [3.8, 4) is 0 Å². The van der Waals surface area contributed by atoms with Gasteiger partial charge in [0.1, 0.15) is 5.82 Å². The number of nitrogens with zero attached hydrogens (tertiary/aromatic N) is 2. The number of rotatable bonds is 3. The molecule has 2 atom stereocenters. The number of aromatic nitrogens is 2. The third-order valence-electron chi connectivity index (χ3n) is 5.17. The molecule has 0 bridgehead atoms. The van der Waals surface area contributed by atoms with Crippen molar-refractivity contribution < 1.29 is 4.79 Å². The summed E-state index contributed by atoms with van der Waals surface area (Å²) in [5.74, 6) is 1.73. The minimum absolute atomic E-state index is 0.192. The van der Waals surface area contributed by atoms with Crippen LogP contribution in [0.3, 0.4) is 0 Å². The van der Waals surface area contributed by atoms with Crippen LogP contribution in [0, 0.1) is 6.92 Å². The second kappa shape index (κ2) is 5.84. The Kier molecular flexibility index (Phi) is 3.68. The summed E-state index contributed by atoms with van der Waals surface area (Å²) < 4.78 is 2.19. The summed E-state index contributed by atoms with van der Waals surface area (Å²) in [5, 5.41) is 3.24. The molecule has 1 aromatic carbocycles. The minimum Gasteiger partial charge on any atom is -0.352 e. The third kappa shape index (κ3) is 2.90. The van der Waals surface area contributed by atoms with Crippen LogP contribution >= 0.6 is 0 Å². The summed E-state index contributed by atoms with van der Waals surface area (Å²) >= 11 is 0. The fourth-order valence-corrected chi connectivity index (χ4v) is 4.07. The molecule has 120 valence electrons. The van der Waals surface area contributed by atoms with Gasteiger partial charge in [-0.3, -0.25) is 4.79 Å². The van der Waals surface area contributed by atoms with Crippen molar-refractivity contribution in [1.82, 2.24) is 14.9 Å². The number of imidazole rings is 1. The summed E-state index contributed by atoms with van der Waals surface area (Å²) in [6, 6.07) is 8.78. The molecule has 1 amide bonds. The number of hydrogen-bond donors (Lipinski definition) is 1. The molecule has 2 aliphatic rings. The Hall–Kier alpha value is -2.10. The topological polar surface area (TPSA) is 46.9 Å². The fourth-order valence-electron chi connectivity index (χ4n) is 4.07. The van der Waals surface area contributed by atoms with Crippen LogP contribution in [0.15, 0.2) is 30.5 Å². The average Bonchev–Trinajstić information content (AvgIpc) is 3.10. The molecule has 23 heavy (non-hydrogen) atoms. The molecule has 1 aliphatic heterocycles. The van der Waals surface area contributed by atoms with E-state index in [0.717, 1.165) is 43.7 Å². The molecule has 0 saturated carbocycles. The molecule has 1 N–H and O–H groups in total. The highest BCUT2D eigenvalue weighted by atomic mass is 16.1. The molecule has 0 radical (unpaired) electrons. The summed E-state index contributed by atoms with van der Waals surface area (Å²) in [6.07, 6.45) is 6.84. The molecule has 0 fully saturated rings. The standard InChI is InChI=1S/C19H23N3O/c1-13-11-22-12-16(8-9-18(22)20-13)21-19(23)10-15-7-6-14-4-2-3-5-17(14)15/h2-5,11,15-16H,6-10,12H2,1H3,(H,21,23). The Bertz CT molecular complexity index is 734. The molecular weight excluding hydrogens is 286 g/mol. The molecular formula is C19H23N3O. The zero-order valence-electron chi connectivity index (χ0n) is 13.6. The lowest BCUT2D eigenvalue weighted by Gasteiger charge is -2.25. The Morgan fingerprint density at radius 1 is 1.30 bits per heavy atom. The Balaban J connectivity index is 1.36. The zero-order chi connectivity index (χ0) is 15.8. The SMILES string of the molecule is Cc1cn2c(n1)CCC(NC(=O)CC1CCc3ccccc31)C2. The molecule has 4 rings (SSSR count). The van der Waals surface area contributed by atoms with Gasteiger partial charge in [-0.15, -0.1) is 0 Å². The van der Waals surface area contributed by atoms with E-state index in [2.05, 4.69) is 45.3 Å². The van der Waals surface area contributed by atoms with Crippen molar-refractivity contribution in [3.05, 3.63) is 53.1 Å². The molecule has 2 unspecified atom stereocenters. The fraction of sp³-hybridized carbons (Fsp3) is 0.474. The first-order valence-corrected chi connectivity index (χ1v) is 8.59. The number of amides is 1. The van der Waals surface area contributed by atoms with E-state index < -0.39 is 0 Å². The Morgan fingerprint density at radius 3 is 3.09 bits per heavy atom. The molecule has 0 spiro atoms. The van der Waals surface area contributed by atoms with Crippen LogP contribution in [0.4, 0.5) is 0 Å². The number of hydrogen-bond acceptors (Lipinski definition) is 2. The highest BCUT2D eigenvalue weighted by Gasteiger charge is 2.26. The van der Waals surface area contributed by atoms with Gasteiger partial charge in [0.2, 0.25) is 5.91 Å². The molecule has 1 aromatic heterocycles. The second-order valence-electron chi connectivity index (χ2n) is 6.89. The number of fused-ring (bicyclic) bond motifs is 2. The van der Waals surface area contributed by atoms with Crippen molar-refractivity contribution in [1.29, 1.82) is 0 Å². The Labute approximate surface area is 136 Å². The number of carbonyl (C=O) groups excluding carboxylic acids is 1. The van der Waals surface area contributed by atoms with Gasteiger partial charge < -0.3 is 9.88 Å². The van der Waals surface area contributed by atoms with Gasteiger partial charge in [-0.25, -0.2) is 4.98 Å². The predicted molar refractivity (Wildman–Crippen MR) is 89.3 cm³/mol. The number of aryl methyl sites for hydroxylation is 3. The van der Waals surface area contributed by atoms with Crippen molar-refractivity contribution in [3.63, 3.8) is 0 Å². The van der Waals surface area contributed by atoms with Gasteiger partial charge in [0.25, 0.3) is 0 Å². The van der Waals surface area contributed by atoms with Crippen molar-refractivity contribution in [2.24, 2.45) is 0 Å². The van der Waals surface area contributed by atoms with Gasteiger partial charge >= 0.3 is 0 Å². The predicted octanol–water partition coefficient (Wildman–Crippen LogP) is 2.74. The first-order chi connectivity index (χ1) is 11.2. The van der Waals surface area contributed by atoms with Crippen LogP contribution in [-0.4, -0.2) is 21.5 Å². The highest BCUT2D eigenvalue weighted by molar-refractivity contribution is 5.77. The van der Waals surface area contributed by atoms with Crippen molar-refractivity contribution >= 4 is 5.91 Å². The highest BCUT2D eigenvalue weighted by Crippen LogP contribution is 2.35. The van der Waals surface area contributed by atoms with Crippen LogP contribution in [0.1, 0.15) is 47.8 Å². The van der Waals surface area contributed by atoms with E-state index >= 15 is 0 Å². The smallest absolute Gasteiger partial charge is 0.220 e. The molecule has 4 nitrogen and oxygen atoms in total. The summed E-state index contributed by atoms with van der Waals surface area (Å²) in [6.45, 7) is 2.87. The third-order valence-corrected chi connectivity index (χ3v) is 5.17. The van der Waals surface area contributed by atoms with Crippen LogP contribution in [-0.2, 0) is 24.2 Å². The normalized spacial score (nSPS) is 22.5. The largest absolute Gasteiger partial charge is 0.352 e. The van der Waals surface area contributed by atoms with Gasteiger partial charge in [0.05, 0.1) is 5.69 Å². The zero-order valence-corrected chi connectivity index (χ0v) is 13.6. The second-order valence-corrected chi connectivity index (χ2v) is 6.89. The molecule has 0 saturated heterocycles. The van der Waals surface area contributed by atoms with Crippen LogP contribution < -0.4 is 5.32 Å². The molecule has 2 aromatic rings.